The molecule has 0 amide bonds. The van der Waals surface area contributed by atoms with E-state index in [1.807, 2.05) is 18.2 Å². The number of Topliss-reactive ketones (excluding diaryl/α,β-unsaturated/α-hetero) is 1. The average Bonchev–Trinajstić information content (AvgIpc) is 2.50. The van der Waals surface area contributed by atoms with E-state index in [4.69, 9.17) is 0 Å². The summed E-state index contributed by atoms with van der Waals surface area (Å²) in [5, 5.41) is 10.5. The summed E-state index contributed by atoms with van der Waals surface area (Å²) in [6, 6.07) is 10.2. The van der Waals surface area contributed by atoms with Crippen LogP contribution >= 0.6 is 0 Å². The van der Waals surface area contributed by atoms with Crippen molar-refractivity contribution in [3.05, 3.63) is 53.6 Å². The Morgan fingerprint density at radius 3 is 2.55 bits per heavy atom. The summed E-state index contributed by atoms with van der Waals surface area (Å²) in [5.74, 6) is 0.311. The Kier molecular flexibility index (Phi) is 3.82. The lowest BCUT2D eigenvalue weighted by Crippen LogP contribution is -2.56. The molecule has 4 atom stereocenters. The summed E-state index contributed by atoms with van der Waals surface area (Å²) >= 11 is 0. The van der Waals surface area contributed by atoms with Gasteiger partial charge in [0.1, 0.15) is 5.60 Å². The molecule has 22 heavy (non-hydrogen) atoms. The Hall–Kier alpha value is -1.67. The second kappa shape index (κ2) is 5.51. The van der Waals surface area contributed by atoms with Crippen LogP contribution in [0.5, 0.6) is 0 Å². The summed E-state index contributed by atoms with van der Waals surface area (Å²) in [4.78, 5) is 12.7. The molecule has 0 spiro atoms. The molecule has 2 heteroatoms. The first-order chi connectivity index (χ1) is 10.4. The summed E-state index contributed by atoms with van der Waals surface area (Å²) in [7, 11) is 0. The maximum Gasteiger partial charge on any atom is 0.172 e. The molecule has 0 unspecified atom stereocenters. The zero-order valence-electron chi connectivity index (χ0n) is 13.5. The molecule has 1 N–H and O–H groups in total. The predicted octanol–water partition coefficient (Wildman–Crippen LogP) is 3.87. The molecular weight excluding hydrogens is 272 g/mol. The smallest absolute Gasteiger partial charge is 0.172 e. The Morgan fingerprint density at radius 1 is 1.27 bits per heavy atom. The maximum atomic E-state index is 12.7. The van der Waals surface area contributed by atoms with E-state index < -0.39 is 5.60 Å². The van der Waals surface area contributed by atoms with Crippen molar-refractivity contribution in [2.24, 2.45) is 23.7 Å². The van der Waals surface area contributed by atoms with Gasteiger partial charge in [-0.3, -0.25) is 4.79 Å². The average molecular weight is 296 g/mol. The van der Waals surface area contributed by atoms with E-state index in [-0.39, 0.29) is 23.5 Å². The molecule has 1 saturated carbocycles. The minimum atomic E-state index is -1.19. The molecule has 0 aliphatic heterocycles. The second-order valence-corrected chi connectivity index (χ2v) is 7.09. The lowest BCUT2D eigenvalue weighted by Gasteiger charge is -2.48. The van der Waals surface area contributed by atoms with Gasteiger partial charge in [-0.15, -0.1) is 0 Å². The summed E-state index contributed by atoms with van der Waals surface area (Å²) in [6.07, 6.45) is 7.27. The minimum absolute atomic E-state index is 0.00217. The molecule has 1 aromatic rings. The van der Waals surface area contributed by atoms with Gasteiger partial charge >= 0.3 is 0 Å². The van der Waals surface area contributed by atoms with Crippen molar-refractivity contribution in [3.63, 3.8) is 0 Å². The van der Waals surface area contributed by atoms with Crippen molar-refractivity contribution in [3.8, 4) is 0 Å². The van der Waals surface area contributed by atoms with Crippen LogP contribution in [0.3, 0.4) is 0 Å². The molecule has 2 bridgehead atoms. The molecule has 2 nitrogen and oxygen atoms in total. The number of benzene rings is 1. The van der Waals surface area contributed by atoms with E-state index in [1.165, 1.54) is 5.57 Å². The third-order valence-corrected chi connectivity index (χ3v) is 5.21. The molecule has 0 radical (unpaired) electrons. The fourth-order valence-electron chi connectivity index (χ4n) is 3.86. The number of aliphatic hydroxyl groups is 1. The highest BCUT2D eigenvalue weighted by Crippen LogP contribution is 2.49. The number of ketones is 1. The van der Waals surface area contributed by atoms with E-state index in [9.17, 15) is 9.90 Å². The normalized spacial score (nSPS) is 34.5. The van der Waals surface area contributed by atoms with E-state index in [0.717, 1.165) is 12.0 Å². The number of carbonyl (C=O) groups is 1. The summed E-state index contributed by atoms with van der Waals surface area (Å²) in [5.41, 5.74) is 1.16. The van der Waals surface area contributed by atoms with Gasteiger partial charge in [-0.25, -0.2) is 0 Å². The molecule has 1 fully saturated rings. The van der Waals surface area contributed by atoms with Gasteiger partial charge in [0.15, 0.2) is 5.78 Å². The van der Waals surface area contributed by atoms with Gasteiger partial charge in [0.05, 0.1) is 0 Å². The van der Waals surface area contributed by atoms with Crippen LogP contribution in [0.1, 0.15) is 32.8 Å². The molecular formula is C20H24O2. The fourth-order valence-corrected chi connectivity index (χ4v) is 3.86. The number of hydrogen-bond acceptors (Lipinski definition) is 2. The van der Waals surface area contributed by atoms with Crippen molar-refractivity contribution >= 4 is 11.9 Å². The molecule has 0 heterocycles. The van der Waals surface area contributed by atoms with Gasteiger partial charge in [-0.1, -0.05) is 68.0 Å². The van der Waals surface area contributed by atoms with E-state index in [2.05, 4.69) is 44.2 Å². The molecule has 3 aliphatic carbocycles. The highest BCUT2D eigenvalue weighted by atomic mass is 16.3. The van der Waals surface area contributed by atoms with Gasteiger partial charge in [0.2, 0.25) is 0 Å². The largest absolute Gasteiger partial charge is 0.382 e. The van der Waals surface area contributed by atoms with Gasteiger partial charge in [0, 0.05) is 11.8 Å². The summed E-state index contributed by atoms with van der Waals surface area (Å²) < 4.78 is 0. The number of carbonyl (C=O) groups excluding carboxylic acids is 1. The van der Waals surface area contributed by atoms with Crippen LogP contribution in [0.15, 0.2) is 48.1 Å². The third kappa shape index (κ3) is 2.46. The van der Waals surface area contributed by atoms with Crippen molar-refractivity contribution in [2.45, 2.75) is 32.8 Å². The van der Waals surface area contributed by atoms with Crippen LogP contribution in [-0.2, 0) is 4.79 Å². The lowest BCUT2D eigenvalue weighted by atomic mass is 9.56. The van der Waals surface area contributed by atoms with E-state index >= 15 is 0 Å². The van der Waals surface area contributed by atoms with Gasteiger partial charge in [-0.2, -0.15) is 0 Å². The van der Waals surface area contributed by atoms with E-state index in [1.54, 1.807) is 6.92 Å². The van der Waals surface area contributed by atoms with Crippen LogP contribution in [0.25, 0.3) is 6.08 Å². The first-order valence-corrected chi connectivity index (χ1v) is 8.12. The molecule has 0 saturated heterocycles. The predicted molar refractivity (Wildman–Crippen MR) is 89.1 cm³/mol. The van der Waals surface area contributed by atoms with Crippen LogP contribution in [0.4, 0.5) is 0 Å². The molecule has 0 aromatic heterocycles. The first-order valence-electron chi connectivity index (χ1n) is 8.12. The molecule has 1 aromatic carbocycles. The Morgan fingerprint density at radius 2 is 1.95 bits per heavy atom. The van der Waals surface area contributed by atoms with Crippen molar-refractivity contribution in [1.82, 2.24) is 0 Å². The Labute approximate surface area is 132 Å². The highest BCUT2D eigenvalue weighted by molar-refractivity contribution is 5.94. The van der Waals surface area contributed by atoms with Crippen LogP contribution in [0, 0.1) is 23.7 Å². The maximum absolute atomic E-state index is 12.7. The Balaban J connectivity index is 1.91. The van der Waals surface area contributed by atoms with Gasteiger partial charge < -0.3 is 5.11 Å². The standard InChI is InChI=1S/C20H24O2/c1-13(2)17-12-16-11-15(18(17)19(21)20(16,3)22)10-9-14-7-5-4-6-8-14/h4-10,12-13,15-16,18,22H,11H2,1-3H3/b10-9+/t15-,16-,18+,20-/m0/s1. The second-order valence-electron chi connectivity index (χ2n) is 7.09. The quantitative estimate of drug-likeness (QED) is 0.860. The monoisotopic (exact) mass is 296 g/mol. The number of hydrogen-bond donors (Lipinski definition) is 1. The Bertz CT molecular complexity index is 622. The number of allylic oxidation sites excluding steroid dienone is 2. The van der Waals surface area contributed by atoms with Crippen molar-refractivity contribution < 1.29 is 9.90 Å². The third-order valence-electron chi connectivity index (χ3n) is 5.21. The number of fused-ring (bicyclic) bond motifs is 2. The van der Waals surface area contributed by atoms with Crippen molar-refractivity contribution in [1.29, 1.82) is 0 Å². The van der Waals surface area contributed by atoms with Crippen molar-refractivity contribution in [2.75, 3.05) is 0 Å². The van der Waals surface area contributed by atoms with E-state index in [0.29, 0.717) is 5.92 Å². The zero-order chi connectivity index (χ0) is 15.9. The minimum Gasteiger partial charge on any atom is -0.382 e. The number of rotatable bonds is 3. The van der Waals surface area contributed by atoms with Gasteiger partial charge in [-0.05, 0) is 30.7 Å². The zero-order valence-corrected chi connectivity index (χ0v) is 13.5. The fraction of sp³-hybridized carbons (Fsp3) is 0.450. The van der Waals surface area contributed by atoms with Gasteiger partial charge in [0.25, 0.3) is 0 Å². The molecule has 4 rings (SSSR count). The lowest BCUT2D eigenvalue weighted by molar-refractivity contribution is -0.151. The molecule has 116 valence electrons. The first kappa shape index (κ1) is 15.2. The van der Waals surface area contributed by atoms with Crippen LogP contribution in [-0.4, -0.2) is 16.5 Å². The SMILES string of the molecule is CC(C)C1=C[C@@H]2C[C@H](/C=C/c3ccccc3)[C@H]1C(=O)[C@@]2(C)O. The van der Waals surface area contributed by atoms with Crippen LogP contribution < -0.4 is 0 Å². The topological polar surface area (TPSA) is 37.3 Å². The summed E-state index contributed by atoms with van der Waals surface area (Å²) in [6.45, 7) is 5.94. The molecule has 3 aliphatic rings. The van der Waals surface area contributed by atoms with Crippen LogP contribution in [0.2, 0.25) is 0 Å². The highest BCUT2D eigenvalue weighted by Gasteiger charge is 2.54.